The molecule has 9 heteroatoms. The SMILES string of the molecule is CCOCC.COC(=O)/C=C/C(=O)OCCN1CCC(c2noc3cc(F)ccc23)CC1. The molecule has 1 aliphatic rings. The third kappa shape index (κ3) is 8.05. The van der Waals surface area contributed by atoms with Crippen LogP contribution in [-0.4, -0.2) is 68.6 Å². The predicted octanol–water partition coefficient (Wildman–Crippen LogP) is 3.46. The number of fused-ring (bicyclic) bond motifs is 1. The lowest BCUT2D eigenvalue weighted by molar-refractivity contribution is -0.139. The lowest BCUT2D eigenvalue weighted by Crippen LogP contribution is -2.35. The predicted molar refractivity (Wildman–Crippen MR) is 117 cm³/mol. The lowest BCUT2D eigenvalue weighted by Gasteiger charge is -2.30. The number of ether oxygens (including phenoxy) is 3. The first kappa shape index (κ1) is 25.5. The van der Waals surface area contributed by atoms with Crippen molar-refractivity contribution in [3.63, 3.8) is 0 Å². The van der Waals surface area contributed by atoms with Gasteiger partial charge >= 0.3 is 11.9 Å². The van der Waals surface area contributed by atoms with Gasteiger partial charge in [-0.2, -0.15) is 0 Å². The summed E-state index contributed by atoms with van der Waals surface area (Å²) in [7, 11) is 1.24. The van der Waals surface area contributed by atoms with Gasteiger partial charge in [-0.1, -0.05) is 5.16 Å². The molecule has 1 fully saturated rings. The molecule has 176 valence electrons. The van der Waals surface area contributed by atoms with Gasteiger partial charge in [0.15, 0.2) is 5.58 Å². The van der Waals surface area contributed by atoms with Gasteiger partial charge in [0.25, 0.3) is 0 Å². The first-order chi connectivity index (χ1) is 15.5. The molecule has 0 bridgehead atoms. The zero-order valence-corrected chi connectivity index (χ0v) is 18.8. The number of benzene rings is 1. The minimum absolute atomic E-state index is 0.251. The van der Waals surface area contributed by atoms with Crippen LogP contribution in [0.1, 0.15) is 38.3 Å². The van der Waals surface area contributed by atoms with Crippen molar-refractivity contribution in [3.05, 3.63) is 41.9 Å². The molecule has 0 saturated carbocycles. The van der Waals surface area contributed by atoms with Crippen molar-refractivity contribution in [2.75, 3.05) is 46.6 Å². The van der Waals surface area contributed by atoms with Crippen molar-refractivity contribution in [1.82, 2.24) is 10.1 Å². The first-order valence-corrected chi connectivity index (χ1v) is 10.8. The molecule has 0 radical (unpaired) electrons. The van der Waals surface area contributed by atoms with Crippen LogP contribution in [0.2, 0.25) is 0 Å². The standard InChI is InChI=1S/C19H21FN2O5.C4H10O/c1-25-17(23)4-5-18(24)26-11-10-22-8-6-13(7-9-22)19-15-3-2-14(20)12-16(15)27-21-19;1-3-5-4-2/h2-5,12-13H,6-11H2,1H3;3-4H2,1-2H3/b5-4+;. The maximum absolute atomic E-state index is 13.3. The Morgan fingerprint density at radius 3 is 2.50 bits per heavy atom. The van der Waals surface area contributed by atoms with E-state index in [9.17, 15) is 14.0 Å². The fraction of sp³-hybridized carbons (Fsp3) is 0.522. The Morgan fingerprint density at radius 2 is 1.88 bits per heavy atom. The summed E-state index contributed by atoms with van der Waals surface area (Å²) in [5.41, 5.74) is 1.35. The van der Waals surface area contributed by atoms with E-state index in [1.165, 1.54) is 19.2 Å². The van der Waals surface area contributed by atoms with Crippen molar-refractivity contribution in [1.29, 1.82) is 0 Å². The Bertz CT molecular complexity index is 888. The second kappa shape index (κ2) is 13.6. The average Bonchev–Trinajstić information content (AvgIpc) is 3.22. The summed E-state index contributed by atoms with van der Waals surface area (Å²) in [4.78, 5) is 24.6. The topological polar surface area (TPSA) is 91.1 Å². The van der Waals surface area contributed by atoms with Gasteiger partial charge < -0.3 is 18.7 Å². The number of piperidine rings is 1. The van der Waals surface area contributed by atoms with Crippen LogP contribution in [0.5, 0.6) is 0 Å². The summed E-state index contributed by atoms with van der Waals surface area (Å²) in [5.74, 6) is -1.25. The first-order valence-electron chi connectivity index (χ1n) is 10.8. The second-order valence-corrected chi connectivity index (χ2v) is 7.13. The van der Waals surface area contributed by atoms with Gasteiger partial charge in [0.2, 0.25) is 0 Å². The van der Waals surface area contributed by atoms with E-state index in [2.05, 4.69) is 14.8 Å². The number of likely N-dealkylation sites (tertiary alicyclic amines) is 1. The van der Waals surface area contributed by atoms with Gasteiger partial charge in [0.05, 0.1) is 12.8 Å². The number of carbonyl (C=O) groups excluding carboxylic acids is 2. The number of rotatable bonds is 8. The lowest BCUT2D eigenvalue weighted by atomic mass is 9.91. The van der Waals surface area contributed by atoms with Crippen LogP contribution in [0.3, 0.4) is 0 Å². The number of nitrogens with zero attached hydrogens (tertiary/aromatic N) is 2. The Morgan fingerprint density at radius 1 is 1.19 bits per heavy atom. The number of esters is 2. The number of hydrogen-bond acceptors (Lipinski definition) is 8. The van der Waals surface area contributed by atoms with Gasteiger partial charge in [-0.25, -0.2) is 14.0 Å². The minimum atomic E-state index is -0.600. The third-order valence-electron chi connectivity index (χ3n) is 5.05. The van der Waals surface area contributed by atoms with E-state index in [4.69, 9.17) is 14.0 Å². The smallest absolute Gasteiger partial charge is 0.331 e. The Labute approximate surface area is 187 Å². The molecule has 0 spiro atoms. The molecule has 1 aromatic heterocycles. The molecular formula is C23H31FN2O6. The van der Waals surface area contributed by atoms with Gasteiger partial charge in [-0.05, 0) is 51.9 Å². The summed E-state index contributed by atoms with van der Waals surface area (Å²) in [6, 6.07) is 4.48. The Balaban J connectivity index is 0.000000654. The number of hydrogen-bond donors (Lipinski definition) is 0. The molecule has 0 aliphatic carbocycles. The van der Waals surface area contributed by atoms with Crippen LogP contribution in [0.15, 0.2) is 34.9 Å². The van der Waals surface area contributed by atoms with Crippen molar-refractivity contribution in [2.45, 2.75) is 32.6 Å². The van der Waals surface area contributed by atoms with E-state index in [0.29, 0.717) is 12.1 Å². The molecule has 3 rings (SSSR count). The molecule has 32 heavy (non-hydrogen) atoms. The van der Waals surface area contributed by atoms with E-state index < -0.39 is 11.9 Å². The van der Waals surface area contributed by atoms with Crippen molar-refractivity contribution in [2.24, 2.45) is 0 Å². The number of methoxy groups -OCH3 is 1. The molecule has 0 N–H and O–H groups in total. The van der Waals surface area contributed by atoms with E-state index in [1.54, 1.807) is 6.07 Å². The summed E-state index contributed by atoms with van der Waals surface area (Å²) in [5, 5.41) is 5.00. The largest absolute Gasteiger partial charge is 0.466 e. The van der Waals surface area contributed by atoms with Gasteiger partial charge in [-0.15, -0.1) is 0 Å². The molecule has 8 nitrogen and oxygen atoms in total. The summed E-state index contributed by atoms with van der Waals surface area (Å²) in [6.07, 6.45) is 3.88. The van der Waals surface area contributed by atoms with Crippen molar-refractivity contribution in [3.8, 4) is 0 Å². The second-order valence-electron chi connectivity index (χ2n) is 7.13. The fourth-order valence-electron chi connectivity index (χ4n) is 3.39. The summed E-state index contributed by atoms with van der Waals surface area (Å²) in [6.45, 7) is 8.22. The quantitative estimate of drug-likeness (QED) is 0.446. The fourth-order valence-corrected chi connectivity index (χ4v) is 3.39. The monoisotopic (exact) mass is 450 g/mol. The zero-order valence-electron chi connectivity index (χ0n) is 18.8. The molecule has 0 amide bonds. The molecule has 2 aromatic rings. The summed E-state index contributed by atoms with van der Waals surface area (Å²) < 4.78 is 32.8. The van der Waals surface area contributed by atoms with Crippen LogP contribution in [0, 0.1) is 5.82 Å². The highest BCUT2D eigenvalue weighted by Gasteiger charge is 2.25. The van der Waals surface area contributed by atoms with Gasteiger partial charge in [0, 0.05) is 49.3 Å². The van der Waals surface area contributed by atoms with E-state index in [1.807, 2.05) is 13.8 Å². The van der Waals surface area contributed by atoms with Crippen LogP contribution < -0.4 is 0 Å². The highest BCUT2D eigenvalue weighted by Crippen LogP contribution is 2.32. The maximum atomic E-state index is 13.3. The number of aromatic nitrogens is 1. The van der Waals surface area contributed by atoms with E-state index in [0.717, 1.165) is 62.4 Å². The molecule has 1 aromatic carbocycles. The molecular weight excluding hydrogens is 419 g/mol. The zero-order chi connectivity index (χ0) is 23.3. The highest BCUT2D eigenvalue weighted by molar-refractivity contribution is 5.91. The number of halogens is 1. The van der Waals surface area contributed by atoms with E-state index in [-0.39, 0.29) is 18.3 Å². The maximum Gasteiger partial charge on any atom is 0.331 e. The number of carbonyl (C=O) groups is 2. The van der Waals surface area contributed by atoms with Crippen LogP contribution in [-0.2, 0) is 23.8 Å². The van der Waals surface area contributed by atoms with Gasteiger partial charge in [-0.3, -0.25) is 4.90 Å². The van der Waals surface area contributed by atoms with E-state index >= 15 is 0 Å². The summed E-state index contributed by atoms with van der Waals surface area (Å²) >= 11 is 0. The molecule has 1 aliphatic heterocycles. The van der Waals surface area contributed by atoms with Gasteiger partial charge in [0.1, 0.15) is 12.4 Å². The van der Waals surface area contributed by atoms with Crippen LogP contribution >= 0.6 is 0 Å². The molecule has 2 heterocycles. The minimum Gasteiger partial charge on any atom is -0.466 e. The Hall–Kier alpha value is -2.78. The molecule has 1 saturated heterocycles. The van der Waals surface area contributed by atoms with Crippen molar-refractivity contribution < 1.29 is 32.7 Å². The van der Waals surface area contributed by atoms with Crippen molar-refractivity contribution >= 4 is 22.9 Å². The normalized spacial score (nSPS) is 14.9. The third-order valence-corrected chi connectivity index (χ3v) is 5.05. The Kier molecular flexibility index (Phi) is 10.8. The van der Waals surface area contributed by atoms with Crippen LogP contribution in [0.25, 0.3) is 11.0 Å². The molecule has 0 atom stereocenters. The average molecular weight is 451 g/mol. The highest BCUT2D eigenvalue weighted by atomic mass is 19.1. The van der Waals surface area contributed by atoms with Crippen LogP contribution in [0.4, 0.5) is 4.39 Å². The molecule has 0 unspecified atom stereocenters.